The first-order valence-electron chi connectivity index (χ1n) is 36.3. The first-order chi connectivity index (χ1) is 47.3. The Balaban J connectivity index is 7.20. The molecule has 12 amide bonds. The number of nitrogens with one attached hydrogen (secondary N) is 4. The molecule has 13 atom stereocenters. The summed E-state index contributed by atoms with van der Waals surface area (Å²) in [4.78, 5) is 208. The lowest BCUT2D eigenvalue weighted by atomic mass is 9.91. The van der Waals surface area contributed by atoms with Crippen LogP contribution in [0.1, 0.15) is 191 Å². The molecule has 0 saturated carbocycles. The van der Waals surface area contributed by atoms with Crippen molar-refractivity contribution in [3.63, 3.8) is 0 Å². The van der Waals surface area contributed by atoms with E-state index in [-0.39, 0.29) is 50.0 Å². The highest BCUT2D eigenvalue weighted by Crippen LogP contribution is 2.27. The van der Waals surface area contributed by atoms with Crippen LogP contribution in [-0.4, -0.2) is 270 Å². The number of carbonyl (C=O) groups excluding carboxylic acids is 14. The summed E-state index contributed by atoms with van der Waals surface area (Å²) in [6.07, 6.45) is 2.27. The highest BCUT2D eigenvalue weighted by Gasteiger charge is 2.47. The largest absolute Gasteiger partial charge is 0.468 e. The first kappa shape index (κ1) is 95.1. The Labute approximate surface area is 615 Å². The lowest BCUT2D eigenvalue weighted by Gasteiger charge is -2.42. The second-order valence-corrected chi connectivity index (χ2v) is 30.7. The number of methoxy groups -OCH3 is 1. The van der Waals surface area contributed by atoms with Crippen molar-refractivity contribution in [3.05, 3.63) is 12.2 Å². The fourth-order valence-electron chi connectivity index (χ4n) is 12.1. The van der Waals surface area contributed by atoms with Crippen LogP contribution in [0.5, 0.6) is 0 Å². The zero-order valence-electron chi connectivity index (χ0n) is 68.1. The topological polar surface area (TPSA) is 341 Å². The minimum atomic E-state index is -1.58. The molecule has 29 nitrogen and oxygen atoms in total. The molecule has 590 valence electrons. The monoisotopic (exact) mass is 1460 g/mol. The van der Waals surface area contributed by atoms with E-state index in [1.807, 2.05) is 47.6 Å². The molecule has 0 fully saturated rings. The Hall–Kier alpha value is -7.88. The van der Waals surface area contributed by atoms with Crippen LogP contribution >= 0.6 is 0 Å². The van der Waals surface area contributed by atoms with Gasteiger partial charge < -0.3 is 69.8 Å². The lowest BCUT2D eigenvalue weighted by Crippen LogP contribution is -2.64. The predicted molar refractivity (Wildman–Crippen MR) is 393 cm³/mol. The minimum absolute atomic E-state index is 0.0616. The zero-order chi connectivity index (χ0) is 80.5. The van der Waals surface area contributed by atoms with Crippen molar-refractivity contribution in [2.24, 2.45) is 41.4 Å². The van der Waals surface area contributed by atoms with Crippen LogP contribution in [0.3, 0.4) is 0 Å². The zero-order valence-corrected chi connectivity index (χ0v) is 68.1. The summed E-state index contributed by atoms with van der Waals surface area (Å²) < 4.78 is 16.1. The molecule has 0 rings (SSSR count). The van der Waals surface area contributed by atoms with Crippen LogP contribution in [0.15, 0.2) is 12.2 Å². The summed E-state index contributed by atoms with van der Waals surface area (Å²) in [6, 6.07) is -13.5. The van der Waals surface area contributed by atoms with Crippen molar-refractivity contribution < 1.29 is 81.3 Å². The molecular weight excluding hydrogens is 1330 g/mol. The highest BCUT2D eigenvalue weighted by molar-refractivity contribution is 5.99. The number of allylic oxidation sites excluding steroid dienone is 2. The fraction of sp³-hybridized carbons (Fsp3) is 0.784. The fourth-order valence-corrected chi connectivity index (χ4v) is 12.1. The second kappa shape index (κ2) is 43.4. The van der Waals surface area contributed by atoms with Gasteiger partial charge in [-0.05, 0) is 129 Å². The normalized spacial score (nSPS) is 15.5. The van der Waals surface area contributed by atoms with E-state index in [1.54, 1.807) is 96.1 Å². The van der Waals surface area contributed by atoms with E-state index in [9.17, 15) is 52.7 Å². The standard InChI is InChI=1S/C74H132N12O17/c1-32-35-36-47(16)61(102-51(20)87)60(65(92)77-52(33-2)68(95)79(24)40-56(88)101-31)85(30)72(99)59(46(14)15)84(29)70(97)55(39-43(8)9)83(28)69(96)54(38-42(6)7)82(27)66(93)49(18)76-62(89)48(17)75-63(90)53(37-41(4)5)81(26)71(98)57(44(10)11)78-64(91)58(45(12)13)86(34-3)67(94)50(19)80(25)73(100)103-74(21,22)23/h32,35,41-50,52-55,57-61H,33-34,36-40H2,1-31H3,(H,75,90)(H,76,89)(H,77,92)(H,78,91). The maximum atomic E-state index is 15.3. The van der Waals surface area contributed by atoms with E-state index in [1.165, 1.54) is 102 Å². The molecule has 103 heavy (non-hydrogen) atoms. The number of amides is 12. The molecule has 0 aromatic heterocycles. The molecule has 4 N–H and O–H groups in total. The SMILES string of the molecule is CC=CCC(C)C(OC(C)=O)C(C(=O)NC(CC)C(=O)N(C)CC(=O)OC)N(C)C(=O)C(C(C)C)N(C)C(=O)C(CC(C)C)N(C)C(=O)C(CC(C)C)N(C)C(=O)C(C)NC(=O)C(C)NC(=O)C(CC(C)C)N(C)C(=O)C(NC(=O)C(C(C)C)N(CC)C(=O)C(C)N(C)C(=O)OC(C)(C)C)C(C)C. The van der Waals surface area contributed by atoms with Crippen molar-refractivity contribution in [1.29, 1.82) is 0 Å². The van der Waals surface area contributed by atoms with Gasteiger partial charge in [0.05, 0.1) is 7.11 Å². The van der Waals surface area contributed by atoms with Gasteiger partial charge in [-0.2, -0.15) is 0 Å². The predicted octanol–water partition coefficient (Wildman–Crippen LogP) is 5.25. The van der Waals surface area contributed by atoms with Gasteiger partial charge in [0.1, 0.15) is 84.7 Å². The minimum Gasteiger partial charge on any atom is -0.468 e. The number of esters is 2. The van der Waals surface area contributed by atoms with Crippen molar-refractivity contribution in [1.82, 2.24) is 60.5 Å². The number of nitrogens with zero attached hydrogens (tertiary/aromatic N) is 8. The summed E-state index contributed by atoms with van der Waals surface area (Å²) in [5.41, 5.74) is -0.830. The molecule has 13 unspecified atom stereocenters. The van der Waals surface area contributed by atoms with Gasteiger partial charge >= 0.3 is 18.0 Å². The second-order valence-electron chi connectivity index (χ2n) is 30.7. The molecule has 0 aliphatic carbocycles. The molecule has 0 radical (unpaired) electrons. The lowest BCUT2D eigenvalue weighted by molar-refractivity contribution is -0.164. The third kappa shape index (κ3) is 28.6. The smallest absolute Gasteiger partial charge is 0.410 e. The Morgan fingerprint density at radius 3 is 1.34 bits per heavy atom. The van der Waals surface area contributed by atoms with Gasteiger partial charge in [-0.15, -0.1) is 0 Å². The molecule has 0 aliphatic heterocycles. The van der Waals surface area contributed by atoms with Crippen LogP contribution < -0.4 is 21.3 Å². The van der Waals surface area contributed by atoms with Crippen LogP contribution in [0.4, 0.5) is 4.79 Å². The molecular formula is C74H132N12O17. The molecule has 0 aromatic carbocycles. The molecule has 0 heterocycles. The molecule has 0 saturated heterocycles. The molecule has 0 bridgehead atoms. The van der Waals surface area contributed by atoms with E-state index in [4.69, 9.17) is 14.2 Å². The number of likely N-dealkylation sites (N-methyl/N-ethyl adjacent to an activating group) is 8. The van der Waals surface area contributed by atoms with Crippen molar-refractivity contribution in [2.75, 3.05) is 69.5 Å². The first-order valence-corrected chi connectivity index (χ1v) is 36.3. The maximum absolute atomic E-state index is 15.3. The summed E-state index contributed by atoms with van der Waals surface area (Å²) in [5, 5.41) is 11.0. The average Bonchev–Trinajstić information content (AvgIpc) is 0.800. The van der Waals surface area contributed by atoms with E-state index in [2.05, 4.69) is 21.3 Å². The van der Waals surface area contributed by atoms with Gasteiger partial charge in [-0.25, -0.2) is 4.79 Å². The Morgan fingerprint density at radius 1 is 0.466 bits per heavy atom. The molecule has 0 aliphatic rings. The summed E-state index contributed by atoms with van der Waals surface area (Å²) in [7, 11) is 11.0. The summed E-state index contributed by atoms with van der Waals surface area (Å²) >= 11 is 0. The van der Waals surface area contributed by atoms with Gasteiger partial charge in [0, 0.05) is 62.8 Å². The van der Waals surface area contributed by atoms with Gasteiger partial charge in [0.15, 0.2) is 0 Å². The van der Waals surface area contributed by atoms with E-state index < -0.39 is 191 Å². The summed E-state index contributed by atoms with van der Waals surface area (Å²) in [5.74, 6) is -11.7. The van der Waals surface area contributed by atoms with Crippen LogP contribution in [0, 0.1) is 41.4 Å². The van der Waals surface area contributed by atoms with Crippen LogP contribution in [-0.2, 0) is 76.5 Å². The number of carbonyl (C=O) groups is 14. The van der Waals surface area contributed by atoms with Crippen molar-refractivity contribution in [3.8, 4) is 0 Å². The van der Waals surface area contributed by atoms with Gasteiger partial charge in [-0.1, -0.05) is 109 Å². The highest BCUT2D eigenvalue weighted by atomic mass is 16.6. The number of hydrogen-bond donors (Lipinski definition) is 4. The molecule has 0 spiro atoms. The van der Waals surface area contributed by atoms with Gasteiger partial charge in [0.2, 0.25) is 65.0 Å². The van der Waals surface area contributed by atoms with Gasteiger partial charge in [0.25, 0.3) is 0 Å². The van der Waals surface area contributed by atoms with Crippen molar-refractivity contribution in [2.45, 2.75) is 270 Å². The average molecular weight is 1460 g/mol. The number of ether oxygens (including phenoxy) is 3. The molecule has 29 heteroatoms. The van der Waals surface area contributed by atoms with Crippen LogP contribution in [0.25, 0.3) is 0 Å². The van der Waals surface area contributed by atoms with Crippen molar-refractivity contribution >= 4 is 83.0 Å². The third-order valence-corrected chi connectivity index (χ3v) is 18.2. The number of rotatable bonds is 40. The Bertz CT molecular complexity index is 2910. The molecule has 0 aromatic rings. The Morgan fingerprint density at radius 2 is 0.913 bits per heavy atom. The van der Waals surface area contributed by atoms with Gasteiger partial charge in [-0.3, -0.25) is 67.2 Å². The van der Waals surface area contributed by atoms with Crippen LogP contribution in [0.2, 0.25) is 0 Å². The third-order valence-electron chi connectivity index (χ3n) is 18.2. The number of hydrogen-bond acceptors (Lipinski definition) is 17. The summed E-state index contributed by atoms with van der Waals surface area (Å²) in [6.45, 7) is 38.6. The van der Waals surface area contributed by atoms with E-state index in [0.717, 1.165) is 21.6 Å². The Kier molecular flexibility index (Phi) is 40.1. The van der Waals surface area contributed by atoms with E-state index >= 15 is 14.4 Å². The quantitative estimate of drug-likeness (QED) is 0.0345. The maximum Gasteiger partial charge on any atom is 0.410 e. The van der Waals surface area contributed by atoms with E-state index in [0.29, 0.717) is 6.42 Å².